The molecule has 3 heteroatoms. The fourth-order valence-corrected chi connectivity index (χ4v) is 3.14. The van der Waals surface area contributed by atoms with Gasteiger partial charge in [0.05, 0.1) is 12.2 Å². The van der Waals surface area contributed by atoms with Crippen molar-refractivity contribution >= 4 is 0 Å². The molecule has 0 amide bonds. The highest BCUT2D eigenvalue weighted by atomic mass is 16.5. The van der Waals surface area contributed by atoms with Gasteiger partial charge in [-0.25, -0.2) is 0 Å². The molecular weight excluding hydrogens is 236 g/mol. The average Bonchev–Trinajstić information content (AvgIpc) is 2.39. The van der Waals surface area contributed by atoms with Gasteiger partial charge in [-0.15, -0.1) is 0 Å². The number of ether oxygens (including phenoxy) is 1. The molecule has 1 aliphatic heterocycles. The fraction of sp³-hybridized carbons (Fsp3) is 0.625. The number of rotatable bonds is 4. The van der Waals surface area contributed by atoms with Crippen LogP contribution in [0.3, 0.4) is 0 Å². The number of hydrogen-bond donors (Lipinski definition) is 1. The average molecular weight is 262 g/mol. The van der Waals surface area contributed by atoms with E-state index in [1.807, 2.05) is 0 Å². The summed E-state index contributed by atoms with van der Waals surface area (Å²) < 4.78 is 5.81. The van der Waals surface area contributed by atoms with E-state index in [0.717, 1.165) is 13.1 Å². The number of hydrogen-bond acceptors (Lipinski definition) is 3. The van der Waals surface area contributed by atoms with Crippen LogP contribution in [-0.2, 0) is 4.74 Å². The highest BCUT2D eigenvalue weighted by molar-refractivity contribution is 5.20. The van der Waals surface area contributed by atoms with Crippen LogP contribution in [0.5, 0.6) is 0 Å². The summed E-state index contributed by atoms with van der Waals surface area (Å²) in [5.74, 6) is 0.448. The van der Waals surface area contributed by atoms with Crippen LogP contribution in [0.2, 0.25) is 0 Å². The molecule has 4 atom stereocenters. The van der Waals surface area contributed by atoms with Crippen molar-refractivity contribution in [3.63, 3.8) is 0 Å². The van der Waals surface area contributed by atoms with E-state index in [1.54, 1.807) is 0 Å². The fourth-order valence-electron chi connectivity index (χ4n) is 3.14. The largest absolute Gasteiger partial charge is 0.373 e. The molecule has 1 aromatic rings. The molecular formula is C16H26N2O. The maximum atomic E-state index is 6.05. The van der Waals surface area contributed by atoms with E-state index in [2.05, 4.69) is 56.0 Å². The van der Waals surface area contributed by atoms with Crippen LogP contribution in [0.25, 0.3) is 0 Å². The molecule has 0 aromatic heterocycles. The Bertz CT molecular complexity index is 372. The monoisotopic (exact) mass is 262 g/mol. The van der Waals surface area contributed by atoms with Gasteiger partial charge >= 0.3 is 0 Å². The summed E-state index contributed by atoms with van der Waals surface area (Å²) in [7, 11) is 0. The van der Waals surface area contributed by atoms with Gasteiger partial charge in [0.15, 0.2) is 0 Å². The molecule has 1 aromatic carbocycles. The van der Waals surface area contributed by atoms with E-state index in [0.29, 0.717) is 30.7 Å². The lowest BCUT2D eigenvalue weighted by atomic mass is 9.91. The second-order valence-corrected chi connectivity index (χ2v) is 5.71. The summed E-state index contributed by atoms with van der Waals surface area (Å²) in [6.07, 6.45) is 0.585. The van der Waals surface area contributed by atoms with Gasteiger partial charge in [-0.3, -0.25) is 4.90 Å². The molecule has 1 aliphatic rings. The van der Waals surface area contributed by atoms with Crippen LogP contribution in [0.15, 0.2) is 30.3 Å². The Kier molecular flexibility index (Phi) is 4.97. The molecule has 1 heterocycles. The van der Waals surface area contributed by atoms with E-state index in [4.69, 9.17) is 10.5 Å². The number of nitrogens with two attached hydrogens (primary N) is 1. The van der Waals surface area contributed by atoms with Crippen molar-refractivity contribution in [1.82, 2.24) is 4.90 Å². The second-order valence-electron chi connectivity index (χ2n) is 5.71. The van der Waals surface area contributed by atoms with Crippen molar-refractivity contribution in [1.29, 1.82) is 0 Å². The minimum absolute atomic E-state index is 0.292. The van der Waals surface area contributed by atoms with E-state index in [-0.39, 0.29) is 0 Å². The lowest BCUT2D eigenvalue weighted by Gasteiger charge is -2.42. The first-order valence-corrected chi connectivity index (χ1v) is 7.26. The third-order valence-electron chi connectivity index (χ3n) is 4.06. The predicted octanol–water partition coefficient (Wildman–Crippen LogP) is 2.23. The van der Waals surface area contributed by atoms with Crippen LogP contribution in [0.1, 0.15) is 32.3 Å². The minimum Gasteiger partial charge on any atom is -0.373 e. The second kappa shape index (κ2) is 6.51. The summed E-state index contributed by atoms with van der Waals surface area (Å²) in [4.78, 5) is 2.50. The van der Waals surface area contributed by atoms with Crippen molar-refractivity contribution in [2.24, 2.45) is 5.73 Å². The molecule has 0 aliphatic carbocycles. The Morgan fingerprint density at radius 2 is 1.79 bits per heavy atom. The topological polar surface area (TPSA) is 38.5 Å². The molecule has 1 saturated heterocycles. The maximum absolute atomic E-state index is 6.05. The Labute approximate surface area is 116 Å². The summed E-state index contributed by atoms with van der Waals surface area (Å²) in [6, 6.07) is 11.0. The first kappa shape index (κ1) is 14.5. The van der Waals surface area contributed by atoms with Crippen LogP contribution >= 0.6 is 0 Å². The van der Waals surface area contributed by atoms with Gasteiger partial charge in [-0.1, -0.05) is 37.3 Å². The van der Waals surface area contributed by atoms with Crippen molar-refractivity contribution in [3.8, 4) is 0 Å². The Morgan fingerprint density at radius 3 is 2.32 bits per heavy atom. The molecule has 0 bridgehead atoms. The van der Waals surface area contributed by atoms with Gasteiger partial charge in [0.25, 0.3) is 0 Å². The molecule has 3 nitrogen and oxygen atoms in total. The van der Waals surface area contributed by atoms with Crippen molar-refractivity contribution < 1.29 is 4.74 Å². The van der Waals surface area contributed by atoms with Crippen LogP contribution < -0.4 is 5.73 Å². The lowest BCUT2D eigenvalue weighted by Crippen LogP contribution is -2.53. The zero-order valence-corrected chi connectivity index (χ0v) is 12.3. The zero-order valence-electron chi connectivity index (χ0n) is 12.3. The third kappa shape index (κ3) is 3.56. The van der Waals surface area contributed by atoms with E-state index in [9.17, 15) is 0 Å². The minimum atomic E-state index is 0.292. The van der Waals surface area contributed by atoms with Gasteiger partial charge in [-0.05, 0) is 25.3 Å². The lowest BCUT2D eigenvalue weighted by molar-refractivity contribution is -0.0816. The molecule has 2 N–H and O–H groups in total. The molecule has 1 fully saturated rings. The Morgan fingerprint density at radius 1 is 1.21 bits per heavy atom. The highest BCUT2D eigenvalue weighted by Crippen LogP contribution is 2.25. The SMILES string of the molecule is CC1CN(C(CN)C(C)c2ccccc2)CC(C)O1. The molecule has 4 unspecified atom stereocenters. The molecule has 106 valence electrons. The van der Waals surface area contributed by atoms with E-state index in [1.165, 1.54) is 5.56 Å². The van der Waals surface area contributed by atoms with Crippen LogP contribution in [0, 0.1) is 0 Å². The van der Waals surface area contributed by atoms with Crippen LogP contribution in [-0.4, -0.2) is 42.8 Å². The number of morpholine rings is 1. The van der Waals surface area contributed by atoms with Crippen molar-refractivity contribution in [3.05, 3.63) is 35.9 Å². The highest BCUT2D eigenvalue weighted by Gasteiger charge is 2.30. The van der Waals surface area contributed by atoms with Crippen LogP contribution in [0.4, 0.5) is 0 Å². The van der Waals surface area contributed by atoms with Gasteiger partial charge in [0.2, 0.25) is 0 Å². The Balaban J connectivity index is 2.11. The van der Waals surface area contributed by atoms with Gasteiger partial charge < -0.3 is 10.5 Å². The summed E-state index contributed by atoms with van der Waals surface area (Å²) in [5, 5.41) is 0. The number of benzene rings is 1. The predicted molar refractivity (Wildman–Crippen MR) is 79.3 cm³/mol. The van der Waals surface area contributed by atoms with Gasteiger partial charge in [0, 0.05) is 25.7 Å². The number of nitrogens with zero attached hydrogens (tertiary/aromatic N) is 1. The molecule has 0 spiro atoms. The molecule has 0 saturated carbocycles. The zero-order chi connectivity index (χ0) is 13.8. The summed E-state index contributed by atoms with van der Waals surface area (Å²) in [6.45, 7) is 9.20. The molecule has 19 heavy (non-hydrogen) atoms. The molecule has 2 rings (SSSR count). The molecule has 0 radical (unpaired) electrons. The van der Waals surface area contributed by atoms with Gasteiger partial charge in [-0.2, -0.15) is 0 Å². The van der Waals surface area contributed by atoms with Crippen molar-refractivity contribution in [2.75, 3.05) is 19.6 Å². The van der Waals surface area contributed by atoms with E-state index < -0.39 is 0 Å². The standard InChI is InChI=1S/C16H26N2O/c1-12-10-18(11-13(2)19-12)16(9-17)14(3)15-7-5-4-6-8-15/h4-8,12-14,16H,9-11,17H2,1-3H3. The maximum Gasteiger partial charge on any atom is 0.0678 e. The first-order chi connectivity index (χ1) is 9.11. The quantitative estimate of drug-likeness (QED) is 0.904. The van der Waals surface area contributed by atoms with Gasteiger partial charge in [0.1, 0.15) is 0 Å². The normalized spacial score (nSPS) is 28.0. The summed E-state index contributed by atoms with van der Waals surface area (Å²) in [5.41, 5.74) is 7.42. The summed E-state index contributed by atoms with van der Waals surface area (Å²) >= 11 is 0. The first-order valence-electron chi connectivity index (χ1n) is 7.26. The smallest absolute Gasteiger partial charge is 0.0678 e. The third-order valence-corrected chi connectivity index (χ3v) is 4.06. The Hall–Kier alpha value is -0.900. The van der Waals surface area contributed by atoms with Crippen molar-refractivity contribution in [2.45, 2.75) is 44.9 Å². The van der Waals surface area contributed by atoms with E-state index >= 15 is 0 Å².